The number of hydrogen-bond donors (Lipinski definition) is 0. The molecule has 0 unspecified atom stereocenters. The average molecular weight is 412 g/mol. The van der Waals surface area contributed by atoms with Crippen LogP contribution in [0.25, 0.3) is 5.69 Å². The SMILES string of the molecule is O=C(c1c(F)cccc1F)N1CCN(c2ccc([N+](=O)[O-])cc2-n2cccc2)CC1. The van der Waals surface area contributed by atoms with Crippen molar-refractivity contribution < 1.29 is 18.5 Å². The molecule has 4 rings (SSSR count). The number of carbonyl (C=O) groups excluding carboxylic acids is 1. The first-order valence-electron chi connectivity index (χ1n) is 9.36. The number of piperazine rings is 1. The molecule has 1 fully saturated rings. The van der Waals surface area contributed by atoms with Crippen LogP contribution in [-0.2, 0) is 0 Å². The first-order valence-corrected chi connectivity index (χ1v) is 9.36. The second kappa shape index (κ2) is 7.94. The Morgan fingerprint density at radius 3 is 2.13 bits per heavy atom. The van der Waals surface area contributed by atoms with Gasteiger partial charge in [0.2, 0.25) is 0 Å². The fourth-order valence-electron chi connectivity index (χ4n) is 3.61. The van der Waals surface area contributed by atoms with E-state index >= 15 is 0 Å². The molecule has 0 saturated carbocycles. The summed E-state index contributed by atoms with van der Waals surface area (Å²) in [6.07, 6.45) is 3.59. The standard InChI is InChI=1S/C21H18F2N4O3/c22-16-4-3-5-17(23)20(16)21(28)26-12-10-25(11-13-26)18-7-6-15(27(29)30)14-19(18)24-8-1-2-9-24/h1-9,14H,10-13H2. The lowest BCUT2D eigenvalue weighted by Gasteiger charge is -2.37. The second-order valence-corrected chi connectivity index (χ2v) is 6.90. The molecule has 0 radical (unpaired) electrons. The van der Waals surface area contributed by atoms with E-state index in [4.69, 9.17) is 0 Å². The fourth-order valence-corrected chi connectivity index (χ4v) is 3.61. The van der Waals surface area contributed by atoms with Crippen molar-refractivity contribution in [2.75, 3.05) is 31.1 Å². The number of anilines is 1. The van der Waals surface area contributed by atoms with E-state index in [1.54, 1.807) is 23.0 Å². The van der Waals surface area contributed by atoms with Gasteiger partial charge in [0.05, 0.1) is 16.3 Å². The van der Waals surface area contributed by atoms with E-state index in [1.165, 1.54) is 23.1 Å². The molecule has 2 heterocycles. The lowest BCUT2D eigenvalue weighted by atomic mass is 10.1. The minimum absolute atomic E-state index is 0.0220. The summed E-state index contributed by atoms with van der Waals surface area (Å²) in [6, 6.07) is 11.6. The Morgan fingerprint density at radius 1 is 0.900 bits per heavy atom. The molecule has 154 valence electrons. The summed E-state index contributed by atoms with van der Waals surface area (Å²) in [6.45, 7) is 1.39. The van der Waals surface area contributed by atoms with Crippen molar-refractivity contribution in [3.8, 4) is 5.69 Å². The van der Waals surface area contributed by atoms with E-state index in [0.717, 1.165) is 17.8 Å². The molecule has 0 spiro atoms. The maximum atomic E-state index is 14.0. The number of nitro benzene ring substituents is 1. The van der Waals surface area contributed by atoms with Crippen molar-refractivity contribution in [1.82, 2.24) is 9.47 Å². The molecule has 30 heavy (non-hydrogen) atoms. The summed E-state index contributed by atoms with van der Waals surface area (Å²) in [5.74, 6) is -2.44. The van der Waals surface area contributed by atoms with Gasteiger partial charge in [0, 0.05) is 50.7 Å². The summed E-state index contributed by atoms with van der Waals surface area (Å²) >= 11 is 0. The predicted octanol–water partition coefficient (Wildman–Crippen LogP) is 3.63. The molecule has 0 N–H and O–H groups in total. The zero-order valence-corrected chi connectivity index (χ0v) is 15.9. The van der Waals surface area contributed by atoms with Gasteiger partial charge >= 0.3 is 0 Å². The number of carbonyl (C=O) groups is 1. The second-order valence-electron chi connectivity index (χ2n) is 6.90. The van der Waals surface area contributed by atoms with Crippen molar-refractivity contribution in [2.24, 2.45) is 0 Å². The molecule has 0 atom stereocenters. The van der Waals surface area contributed by atoms with Crippen LogP contribution in [0.4, 0.5) is 20.2 Å². The number of hydrogen-bond acceptors (Lipinski definition) is 4. The third-order valence-corrected chi connectivity index (χ3v) is 5.14. The molecule has 1 aromatic heterocycles. The molecule has 0 aliphatic carbocycles. The van der Waals surface area contributed by atoms with Crippen LogP contribution in [0.5, 0.6) is 0 Å². The van der Waals surface area contributed by atoms with Gasteiger partial charge in [-0.15, -0.1) is 0 Å². The number of amides is 1. The van der Waals surface area contributed by atoms with Crippen LogP contribution in [0, 0.1) is 21.7 Å². The maximum absolute atomic E-state index is 14.0. The van der Waals surface area contributed by atoms with Gasteiger partial charge in [-0.05, 0) is 30.3 Å². The molecular formula is C21H18F2N4O3. The van der Waals surface area contributed by atoms with Crippen molar-refractivity contribution in [1.29, 1.82) is 0 Å². The Kier molecular flexibility index (Phi) is 5.18. The highest BCUT2D eigenvalue weighted by atomic mass is 19.1. The maximum Gasteiger partial charge on any atom is 0.271 e. The Balaban J connectivity index is 1.56. The molecular weight excluding hydrogens is 394 g/mol. The molecule has 1 aliphatic rings. The minimum Gasteiger partial charge on any atom is -0.366 e. The summed E-state index contributed by atoms with van der Waals surface area (Å²) in [7, 11) is 0. The quantitative estimate of drug-likeness (QED) is 0.485. The average Bonchev–Trinajstić information content (AvgIpc) is 3.28. The Bertz CT molecular complexity index is 1070. The van der Waals surface area contributed by atoms with Crippen LogP contribution in [-0.4, -0.2) is 46.5 Å². The summed E-state index contributed by atoms with van der Waals surface area (Å²) in [5.41, 5.74) is 0.857. The van der Waals surface area contributed by atoms with Crippen LogP contribution in [0.2, 0.25) is 0 Å². The highest BCUT2D eigenvalue weighted by molar-refractivity contribution is 5.95. The molecule has 7 nitrogen and oxygen atoms in total. The third kappa shape index (κ3) is 3.61. The lowest BCUT2D eigenvalue weighted by Crippen LogP contribution is -2.49. The van der Waals surface area contributed by atoms with Gasteiger partial charge in [-0.1, -0.05) is 6.07 Å². The van der Waals surface area contributed by atoms with Crippen LogP contribution in [0.15, 0.2) is 60.9 Å². The number of rotatable bonds is 4. The van der Waals surface area contributed by atoms with Crippen LogP contribution in [0.3, 0.4) is 0 Å². The summed E-state index contributed by atoms with van der Waals surface area (Å²) in [5, 5.41) is 11.2. The Morgan fingerprint density at radius 2 is 1.53 bits per heavy atom. The molecule has 0 bridgehead atoms. The Labute approximate surface area is 170 Å². The highest BCUT2D eigenvalue weighted by Crippen LogP contribution is 2.30. The fraction of sp³-hybridized carbons (Fsp3) is 0.190. The molecule has 1 amide bonds. The van der Waals surface area contributed by atoms with Crippen LogP contribution >= 0.6 is 0 Å². The van der Waals surface area contributed by atoms with E-state index in [0.29, 0.717) is 18.8 Å². The zero-order chi connectivity index (χ0) is 21.3. The topological polar surface area (TPSA) is 71.6 Å². The van der Waals surface area contributed by atoms with Crippen molar-refractivity contribution in [3.05, 3.63) is 88.2 Å². The number of non-ortho nitro benzene ring substituents is 1. The van der Waals surface area contributed by atoms with Gasteiger partial charge in [-0.25, -0.2) is 8.78 Å². The van der Waals surface area contributed by atoms with Crippen molar-refractivity contribution in [3.63, 3.8) is 0 Å². The van der Waals surface area contributed by atoms with E-state index in [-0.39, 0.29) is 18.8 Å². The van der Waals surface area contributed by atoms with Gasteiger partial charge in [0.25, 0.3) is 11.6 Å². The molecule has 9 heteroatoms. The smallest absolute Gasteiger partial charge is 0.271 e. The number of halogens is 2. The highest BCUT2D eigenvalue weighted by Gasteiger charge is 2.28. The minimum atomic E-state index is -0.882. The van der Waals surface area contributed by atoms with Gasteiger partial charge in [-0.3, -0.25) is 14.9 Å². The predicted molar refractivity (Wildman–Crippen MR) is 107 cm³/mol. The summed E-state index contributed by atoms with van der Waals surface area (Å²) < 4.78 is 29.7. The van der Waals surface area contributed by atoms with Gasteiger partial charge < -0.3 is 14.4 Å². The van der Waals surface area contributed by atoms with Gasteiger partial charge in [0.15, 0.2) is 0 Å². The number of nitro groups is 1. The third-order valence-electron chi connectivity index (χ3n) is 5.14. The first-order chi connectivity index (χ1) is 14.5. The van der Waals surface area contributed by atoms with Crippen LogP contribution < -0.4 is 4.90 Å². The number of benzene rings is 2. The normalized spacial score (nSPS) is 14.1. The zero-order valence-electron chi connectivity index (χ0n) is 15.9. The van der Waals surface area contributed by atoms with E-state index in [9.17, 15) is 23.7 Å². The van der Waals surface area contributed by atoms with E-state index in [1.807, 2.05) is 17.0 Å². The van der Waals surface area contributed by atoms with Crippen molar-refractivity contribution in [2.45, 2.75) is 0 Å². The van der Waals surface area contributed by atoms with Gasteiger partial charge in [-0.2, -0.15) is 0 Å². The van der Waals surface area contributed by atoms with E-state index in [2.05, 4.69) is 0 Å². The van der Waals surface area contributed by atoms with Crippen molar-refractivity contribution >= 4 is 17.3 Å². The molecule has 3 aromatic rings. The largest absolute Gasteiger partial charge is 0.366 e. The number of nitrogens with zero attached hydrogens (tertiary/aromatic N) is 4. The lowest BCUT2D eigenvalue weighted by molar-refractivity contribution is -0.384. The molecule has 1 saturated heterocycles. The number of aromatic nitrogens is 1. The Hall–Kier alpha value is -3.75. The van der Waals surface area contributed by atoms with E-state index < -0.39 is 28.0 Å². The molecule has 2 aromatic carbocycles. The summed E-state index contributed by atoms with van der Waals surface area (Å²) in [4.78, 5) is 26.8. The first kappa shape index (κ1) is 19.6. The monoisotopic (exact) mass is 412 g/mol. The molecule has 1 aliphatic heterocycles. The van der Waals surface area contributed by atoms with Crippen LogP contribution in [0.1, 0.15) is 10.4 Å². The van der Waals surface area contributed by atoms with Gasteiger partial charge in [0.1, 0.15) is 17.2 Å².